The Morgan fingerprint density at radius 1 is 1.32 bits per heavy atom. The van der Waals surface area contributed by atoms with Crippen LogP contribution < -0.4 is 10.2 Å². The zero-order chi connectivity index (χ0) is 17.4. The van der Waals surface area contributed by atoms with E-state index < -0.39 is 0 Å². The Kier molecular flexibility index (Phi) is 4.37. The van der Waals surface area contributed by atoms with Gasteiger partial charge in [-0.3, -0.25) is 9.83 Å². The van der Waals surface area contributed by atoms with Crippen LogP contribution in [-0.2, 0) is 4.84 Å². The van der Waals surface area contributed by atoms with E-state index in [1.165, 1.54) is 0 Å². The lowest BCUT2D eigenvalue weighted by Gasteiger charge is -2.20. The first kappa shape index (κ1) is 16.4. The van der Waals surface area contributed by atoms with Crippen molar-refractivity contribution in [3.05, 3.63) is 57.3 Å². The van der Waals surface area contributed by atoms with Gasteiger partial charge in [-0.2, -0.15) is 0 Å². The van der Waals surface area contributed by atoms with Gasteiger partial charge in [0.15, 0.2) is 5.84 Å². The van der Waals surface area contributed by atoms with E-state index in [2.05, 4.69) is 31.4 Å². The van der Waals surface area contributed by atoms with Crippen LogP contribution in [0.25, 0.3) is 11.0 Å². The predicted molar refractivity (Wildman–Crippen MR) is 98.1 cm³/mol. The topological polar surface area (TPSA) is 68.9 Å². The molecule has 0 saturated heterocycles. The number of fused-ring (bicyclic) bond motifs is 1. The lowest BCUT2D eigenvalue weighted by atomic mass is 10.2. The number of aromatic nitrogens is 1. The van der Waals surface area contributed by atoms with Crippen LogP contribution in [-0.4, -0.2) is 24.5 Å². The summed E-state index contributed by atoms with van der Waals surface area (Å²) in [4.78, 5) is 14.5. The van der Waals surface area contributed by atoms with E-state index in [9.17, 15) is 0 Å². The van der Waals surface area contributed by atoms with Crippen molar-refractivity contribution in [2.75, 3.05) is 13.7 Å². The number of benzene rings is 1. The Hall–Kier alpha value is -2.09. The summed E-state index contributed by atoms with van der Waals surface area (Å²) in [5.74, 6) is 1.67. The Balaban J connectivity index is 1.71. The summed E-state index contributed by atoms with van der Waals surface area (Å²) >= 11 is 9.60. The van der Waals surface area contributed by atoms with E-state index in [-0.39, 0.29) is 6.04 Å². The molecule has 1 aliphatic heterocycles. The van der Waals surface area contributed by atoms with Gasteiger partial charge in [0, 0.05) is 5.39 Å². The minimum Gasteiger partial charge on any atom is -0.480 e. The largest absolute Gasteiger partial charge is 0.480 e. The van der Waals surface area contributed by atoms with Crippen molar-refractivity contribution >= 4 is 44.3 Å². The maximum absolute atomic E-state index is 6.21. The van der Waals surface area contributed by atoms with Crippen molar-refractivity contribution in [2.45, 2.75) is 6.04 Å². The smallest absolute Gasteiger partial charge is 0.228 e. The SMILES string of the molecule is COc1nc(C2=NC(c3cc4c(Cl)cccc4o3)CON2)ccc1Br. The number of methoxy groups -OCH3 is 1. The summed E-state index contributed by atoms with van der Waals surface area (Å²) in [6, 6.07) is 10.8. The standard InChI is InChI=1S/C17H13BrClN3O3/c1-23-17-10(18)5-6-12(21-17)16-20-13(8-24-22-16)15-7-9-11(19)3-2-4-14(9)25-15/h2-7,13H,8H2,1H3,(H,20,22). The maximum atomic E-state index is 6.21. The van der Waals surface area contributed by atoms with E-state index in [1.54, 1.807) is 7.11 Å². The predicted octanol–water partition coefficient (Wildman–Crippen LogP) is 4.28. The van der Waals surface area contributed by atoms with Crippen molar-refractivity contribution in [1.29, 1.82) is 0 Å². The average molecular weight is 423 g/mol. The zero-order valence-corrected chi connectivity index (χ0v) is 15.5. The van der Waals surface area contributed by atoms with Crippen LogP contribution in [0.5, 0.6) is 5.88 Å². The second kappa shape index (κ2) is 6.67. The molecule has 1 unspecified atom stereocenters. The fourth-order valence-electron chi connectivity index (χ4n) is 2.58. The minimum atomic E-state index is -0.295. The Morgan fingerprint density at radius 2 is 2.20 bits per heavy atom. The van der Waals surface area contributed by atoms with Gasteiger partial charge in [0.1, 0.15) is 29.7 Å². The Morgan fingerprint density at radius 3 is 3.00 bits per heavy atom. The van der Waals surface area contributed by atoms with Crippen molar-refractivity contribution in [3.8, 4) is 5.88 Å². The molecule has 1 atom stereocenters. The molecule has 2 aromatic heterocycles. The van der Waals surface area contributed by atoms with Crippen LogP contribution in [0.2, 0.25) is 5.02 Å². The van der Waals surface area contributed by atoms with Gasteiger partial charge in [-0.25, -0.2) is 10.5 Å². The third-order valence-corrected chi connectivity index (χ3v) is 4.73. The first-order chi connectivity index (χ1) is 12.2. The second-order valence-corrected chi connectivity index (χ2v) is 6.66. The molecule has 8 heteroatoms. The summed E-state index contributed by atoms with van der Waals surface area (Å²) in [5, 5.41) is 1.50. The van der Waals surface area contributed by atoms with E-state index in [0.29, 0.717) is 34.8 Å². The number of hydrogen-bond acceptors (Lipinski definition) is 6. The molecule has 1 aromatic carbocycles. The van der Waals surface area contributed by atoms with Crippen molar-refractivity contribution < 1.29 is 14.0 Å². The molecule has 6 nitrogen and oxygen atoms in total. The van der Waals surface area contributed by atoms with Gasteiger partial charge in [0.2, 0.25) is 5.88 Å². The molecule has 0 radical (unpaired) electrons. The molecule has 0 fully saturated rings. The molecule has 3 aromatic rings. The molecule has 0 bridgehead atoms. The molecule has 0 aliphatic carbocycles. The molecular weight excluding hydrogens is 410 g/mol. The number of aliphatic imine (C=N–C) groups is 1. The van der Waals surface area contributed by atoms with Gasteiger partial charge in [-0.1, -0.05) is 17.7 Å². The molecule has 0 saturated carbocycles. The van der Waals surface area contributed by atoms with Gasteiger partial charge in [0.05, 0.1) is 16.6 Å². The van der Waals surface area contributed by atoms with E-state index >= 15 is 0 Å². The molecule has 0 amide bonds. The summed E-state index contributed by atoms with van der Waals surface area (Å²) in [7, 11) is 1.56. The molecule has 0 spiro atoms. The van der Waals surface area contributed by atoms with Crippen LogP contribution in [0.15, 0.2) is 50.3 Å². The van der Waals surface area contributed by atoms with Crippen LogP contribution in [0, 0.1) is 0 Å². The third-order valence-electron chi connectivity index (χ3n) is 3.80. The number of rotatable bonds is 3. The van der Waals surface area contributed by atoms with Gasteiger partial charge in [-0.05, 0) is 46.3 Å². The molecule has 25 heavy (non-hydrogen) atoms. The minimum absolute atomic E-state index is 0.295. The first-order valence-electron chi connectivity index (χ1n) is 7.50. The number of nitrogens with one attached hydrogen (secondary N) is 1. The molecule has 3 heterocycles. The van der Waals surface area contributed by atoms with Gasteiger partial charge < -0.3 is 9.15 Å². The molecule has 128 valence electrons. The highest BCUT2D eigenvalue weighted by Crippen LogP contribution is 2.32. The first-order valence-corrected chi connectivity index (χ1v) is 8.67. The molecular formula is C17H13BrClN3O3. The van der Waals surface area contributed by atoms with Gasteiger partial charge >= 0.3 is 0 Å². The highest BCUT2D eigenvalue weighted by Gasteiger charge is 2.23. The van der Waals surface area contributed by atoms with Crippen molar-refractivity contribution in [2.24, 2.45) is 4.99 Å². The molecule has 4 rings (SSSR count). The maximum Gasteiger partial charge on any atom is 0.228 e. The van der Waals surface area contributed by atoms with Crippen molar-refractivity contribution in [3.63, 3.8) is 0 Å². The van der Waals surface area contributed by atoms with Crippen LogP contribution >= 0.6 is 27.5 Å². The number of amidine groups is 1. The van der Waals surface area contributed by atoms with Crippen LogP contribution in [0.4, 0.5) is 0 Å². The number of furan rings is 1. The fraction of sp³-hybridized carbons (Fsp3) is 0.176. The normalized spacial score (nSPS) is 17.2. The Labute approximate surface area is 156 Å². The monoisotopic (exact) mass is 421 g/mol. The fourth-order valence-corrected chi connectivity index (χ4v) is 3.18. The number of hydrogen-bond donors (Lipinski definition) is 1. The zero-order valence-electron chi connectivity index (χ0n) is 13.1. The summed E-state index contributed by atoms with van der Waals surface area (Å²) in [5.41, 5.74) is 4.13. The van der Waals surface area contributed by atoms with Crippen LogP contribution in [0.3, 0.4) is 0 Å². The lowest BCUT2D eigenvalue weighted by Crippen LogP contribution is -2.33. The van der Waals surface area contributed by atoms with Gasteiger partial charge in [-0.15, -0.1) is 0 Å². The number of ether oxygens (including phenoxy) is 1. The number of nitrogens with zero attached hydrogens (tertiary/aromatic N) is 2. The third kappa shape index (κ3) is 3.10. The number of pyridine rings is 1. The van der Waals surface area contributed by atoms with Crippen LogP contribution in [0.1, 0.15) is 17.5 Å². The highest BCUT2D eigenvalue weighted by atomic mass is 79.9. The summed E-state index contributed by atoms with van der Waals surface area (Å²) < 4.78 is 11.9. The lowest BCUT2D eigenvalue weighted by molar-refractivity contribution is 0.0581. The number of halogens is 2. The van der Waals surface area contributed by atoms with Gasteiger partial charge in [0.25, 0.3) is 0 Å². The summed E-state index contributed by atoms with van der Waals surface area (Å²) in [6.07, 6.45) is 0. The molecule has 1 N–H and O–H groups in total. The van der Waals surface area contributed by atoms with E-state index in [0.717, 1.165) is 15.4 Å². The quantitative estimate of drug-likeness (QED) is 0.682. The number of hydroxylamine groups is 1. The van der Waals surface area contributed by atoms with E-state index in [4.69, 9.17) is 25.6 Å². The highest BCUT2D eigenvalue weighted by molar-refractivity contribution is 9.10. The summed E-state index contributed by atoms with van der Waals surface area (Å²) in [6.45, 7) is 0.342. The molecule has 1 aliphatic rings. The van der Waals surface area contributed by atoms with Crippen molar-refractivity contribution in [1.82, 2.24) is 10.5 Å². The second-order valence-electron chi connectivity index (χ2n) is 5.39. The Bertz CT molecular complexity index is 973. The average Bonchev–Trinajstić information content (AvgIpc) is 3.08. The van der Waals surface area contributed by atoms with E-state index in [1.807, 2.05) is 36.4 Å².